The fourth-order valence-corrected chi connectivity index (χ4v) is 5.49. The van der Waals surface area contributed by atoms with Crippen LogP contribution in [0.4, 0.5) is 0 Å². The van der Waals surface area contributed by atoms with Gasteiger partial charge < -0.3 is 9.47 Å². The molecule has 0 saturated heterocycles. The van der Waals surface area contributed by atoms with Crippen molar-refractivity contribution in [1.82, 2.24) is 19.6 Å². The summed E-state index contributed by atoms with van der Waals surface area (Å²) < 4.78 is 15.8. The molecular formula is C42H44N6O2. The molecule has 3 aromatic carbocycles. The van der Waals surface area contributed by atoms with Crippen LogP contribution < -0.4 is 9.47 Å². The summed E-state index contributed by atoms with van der Waals surface area (Å²) in [6.07, 6.45) is 16.1. The van der Waals surface area contributed by atoms with E-state index in [2.05, 4.69) is 26.0 Å². The van der Waals surface area contributed by atoms with Crippen LogP contribution in [0.25, 0.3) is 34.7 Å². The first-order valence-corrected chi connectivity index (χ1v) is 17.5. The maximum Gasteiger partial charge on any atom is 0.240 e. The van der Waals surface area contributed by atoms with Crippen LogP contribution in [0.3, 0.4) is 0 Å². The van der Waals surface area contributed by atoms with E-state index in [4.69, 9.17) is 19.7 Å². The predicted molar refractivity (Wildman–Crippen MR) is 200 cm³/mol. The second-order valence-corrected chi connectivity index (χ2v) is 12.1. The van der Waals surface area contributed by atoms with E-state index in [9.17, 15) is 10.5 Å². The monoisotopic (exact) mass is 664 g/mol. The van der Waals surface area contributed by atoms with Gasteiger partial charge in [-0.3, -0.25) is 0 Å². The molecule has 0 unspecified atom stereocenters. The van der Waals surface area contributed by atoms with Gasteiger partial charge >= 0.3 is 0 Å². The number of para-hydroxylation sites is 2. The van der Waals surface area contributed by atoms with Crippen molar-refractivity contribution < 1.29 is 9.47 Å². The van der Waals surface area contributed by atoms with Crippen molar-refractivity contribution in [2.45, 2.75) is 65.2 Å². The van der Waals surface area contributed by atoms with E-state index in [0.717, 1.165) is 85.0 Å². The summed E-state index contributed by atoms with van der Waals surface area (Å²) in [6.45, 7) is 5.48. The highest BCUT2D eigenvalue weighted by molar-refractivity contribution is 5.93. The van der Waals surface area contributed by atoms with Crippen molar-refractivity contribution in [1.29, 1.82) is 10.5 Å². The molecule has 0 atom stereocenters. The lowest BCUT2D eigenvalue weighted by Gasteiger charge is -2.06. The van der Waals surface area contributed by atoms with Crippen LogP contribution in [0.15, 0.2) is 97.3 Å². The molecule has 5 aromatic rings. The number of nitriles is 2. The van der Waals surface area contributed by atoms with Gasteiger partial charge in [-0.1, -0.05) is 113 Å². The fraction of sp³-hybridized carbons (Fsp3) is 0.286. The third-order valence-corrected chi connectivity index (χ3v) is 8.28. The molecule has 0 aliphatic heterocycles. The van der Waals surface area contributed by atoms with E-state index in [1.807, 2.05) is 109 Å². The number of nitrogens with zero attached hydrogens (tertiary/aromatic N) is 6. The number of hydrogen-bond acceptors (Lipinski definition) is 6. The first-order valence-electron chi connectivity index (χ1n) is 17.5. The van der Waals surface area contributed by atoms with Crippen molar-refractivity contribution >= 4 is 23.3 Å². The van der Waals surface area contributed by atoms with Gasteiger partial charge in [0.1, 0.15) is 0 Å². The minimum Gasteiger partial charge on any atom is -0.476 e. The van der Waals surface area contributed by atoms with Crippen molar-refractivity contribution in [2.75, 3.05) is 13.2 Å². The zero-order valence-corrected chi connectivity index (χ0v) is 29.0. The highest BCUT2D eigenvalue weighted by atomic mass is 16.5. The van der Waals surface area contributed by atoms with Crippen LogP contribution >= 0.6 is 0 Å². The van der Waals surface area contributed by atoms with Crippen LogP contribution in [-0.2, 0) is 0 Å². The highest BCUT2D eigenvalue weighted by Crippen LogP contribution is 2.29. The quantitative estimate of drug-likeness (QED) is 0.0682. The Labute approximate surface area is 295 Å². The van der Waals surface area contributed by atoms with Gasteiger partial charge in [0.2, 0.25) is 11.8 Å². The first-order chi connectivity index (χ1) is 24.6. The van der Waals surface area contributed by atoms with Crippen molar-refractivity contribution in [3.05, 3.63) is 120 Å². The molecule has 0 amide bonds. The topological polar surface area (TPSA) is 102 Å². The van der Waals surface area contributed by atoms with Gasteiger partial charge in [-0.2, -0.15) is 10.5 Å². The van der Waals surface area contributed by atoms with E-state index in [1.54, 1.807) is 9.36 Å². The maximum atomic E-state index is 10.2. The molecule has 0 radical (unpaired) electrons. The molecule has 0 aliphatic carbocycles. The summed E-state index contributed by atoms with van der Waals surface area (Å²) in [5.74, 6) is 0.979. The number of rotatable bonds is 18. The second-order valence-electron chi connectivity index (χ2n) is 12.1. The summed E-state index contributed by atoms with van der Waals surface area (Å²) in [5.41, 5.74) is 5.63. The maximum absolute atomic E-state index is 10.2. The SMILES string of the molecule is CCCCCCOc1nn(-c2ccccc2)cc1/C=C(\C#N)c1ccc(/C(C#N)=C/c2cn(-c3ccccc3)nc2OCCCCCC)cc1. The first kappa shape index (κ1) is 35.4. The molecule has 5 rings (SSSR count). The Hall–Kier alpha value is -5.86. The van der Waals surface area contributed by atoms with E-state index >= 15 is 0 Å². The van der Waals surface area contributed by atoms with Crippen molar-refractivity contribution in [3.8, 4) is 35.3 Å². The Bertz CT molecular complexity index is 1800. The van der Waals surface area contributed by atoms with Gasteiger partial charge in [-0.15, -0.1) is 10.2 Å². The Morgan fingerprint density at radius 1 is 0.580 bits per heavy atom. The van der Waals surface area contributed by atoms with Crippen LogP contribution in [0.5, 0.6) is 11.8 Å². The van der Waals surface area contributed by atoms with Gasteiger partial charge in [0.15, 0.2) is 0 Å². The van der Waals surface area contributed by atoms with Crippen molar-refractivity contribution in [2.24, 2.45) is 0 Å². The summed E-state index contributed by atoms with van der Waals surface area (Å²) in [4.78, 5) is 0. The highest BCUT2D eigenvalue weighted by Gasteiger charge is 2.15. The average molecular weight is 665 g/mol. The number of benzene rings is 3. The molecular weight excluding hydrogens is 621 g/mol. The number of aromatic nitrogens is 4. The van der Waals surface area contributed by atoms with Crippen LogP contribution in [0.2, 0.25) is 0 Å². The number of hydrogen-bond donors (Lipinski definition) is 0. The molecule has 0 bridgehead atoms. The standard InChI is InChI=1S/C42H44N6O2/c1-3-5-7-15-25-49-41-37(31-47(45-41)39-17-11-9-12-18-39)27-35(29-43)33-21-23-34(24-22-33)36(30-44)28-38-32-48(40-19-13-10-14-20-40)46-42(38)50-26-16-8-6-4-2/h9-14,17-24,27-28,31-32H,3-8,15-16,25-26H2,1-2H3/b35-27+,36-28+. The Morgan fingerprint density at radius 3 is 1.34 bits per heavy atom. The largest absolute Gasteiger partial charge is 0.476 e. The third-order valence-electron chi connectivity index (χ3n) is 8.28. The van der Waals surface area contributed by atoms with Crippen LogP contribution in [-0.4, -0.2) is 32.8 Å². The molecule has 0 aliphatic rings. The Balaban J connectivity index is 1.40. The lowest BCUT2D eigenvalue weighted by molar-refractivity contribution is 0.291. The van der Waals surface area contributed by atoms with E-state index in [1.165, 1.54) is 0 Å². The normalized spacial score (nSPS) is 11.6. The van der Waals surface area contributed by atoms with Gasteiger partial charge in [-0.05, 0) is 60.4 Å². The minimum atomic E-state index is 0.463. The molecule has 50 heavy (non-hydrogen) atoms. The zero-order chi connectivity index (χ0) is 35.0. The average Bonchev–Trinajstić information content (AvgIpc) is 3.77. The third kappa shape index (κ3) is 9.61. The van der Waals surface area contributed by atoms with Crippen LogP contribution in [0, 0.1) is 22.7 Å². The smallest absolute Gasteiger partial charge is 0.240 e. The van der Waals surface area contributed by atoms with E-state index in [0.29, 0.717) is 36.1 Å². The van der Waals surface area contributed by atoms with Crippen LogP contribution in [0.1, 0.15) is 87.5 Å². The molecule has 2 heterocycles. The minimum absolute atomic E-state index is 0.463. The molecule has 0 fully saturated rings. The van der Waals surface area contributed by atoms with Gasteiger partial charge in [0.25, 0.3) is 0 Å². The van der Waals surface area contributed by atoms with Gasteiger partial charge in [0.05, 0.1) is 59.0 Å². The molecule has 254 valence electrons. The fourth-order valence-electron chi connectivity index (χ4n) is 5.49. The van der Waals surface area contributed by atoms with E-state index in [-0.39, 0.29) is 0 Å². The van der Waals surface area contributed by atoms with Gasteiger partial charge in [-0.25, -0.2) is 9.36 Å². The van der Waals surface area contributed by atoms with E-state index < -0.39 is 0 Å². The summed E-state index contributed by atoms with van der Waals surface area (Å²) in [7, 11) is 0. The zero-order valence-electron chi connectivity index (χ0n) is 29.0. The number of ether oxygens (including phenoxy) is 2. The molecule has 0 N–H and O–H groups in total. The predicted octanol–water partition coefficient (Wildman–Crippen LogP) is 10.1. The molecule has 0 spiro atoms. The summed E-state index contributed by atoms with van der Waals surface area (Å²) >= 11 is 0. The lowest BCUT2D eigenvalue weighted by atomic mass is 9.99. The summed E-state index contributed by atoms with van der Waals surface area (Å²) in [5, 5.41) is 29.9. The van der Waals surface area contributed by atoms with Gasteiger partial charge in [0, 0.05) is 12.4 Å². The molecule has 8 heteroatoms. The second kappa shape index (κ2) is 18.6. The molecule has 0 saturated carbocycles. The van der Waals surface area contributed by atoms with Crippen molar-refractivity contribution in [3.63, 3.8) is 0 Å². The summed E-state index contributed by atoms with van der Waals surface area (Å²) in [6, 6.07) is 31.8. The number of allylic oxidation sites excluding steroid dienone is 2. The lowest BCUT2D eigenvalue weighted by Crippen LogP contribution is -2.00. The molecule has 8 nitrogen and oxygen atoms in total. The number of unbranched alkanes of at least 4 members (excludes halogenated alkanes) is 6. The Kier molecular flexibility index (Phi) is 13.2. The molecule has 2 aromatic heterocycles. The Morgan fingerprint density at radius 2 is 0.980 bits per heavy atom.